The molecule has 3 aliphatic heterocycles. The normalized spacial score (nSPS) is 23.0. The van der Waals surface area contributed by atoms with Crippen LogP contribution in [0.3, 0.4) is 0 Å². The van der Waals surface area contributed by atoms with Crippen LogP contribution in [0.5, 0.6) is 6.01 Å². The van der Waals surface area contributed by atoms with Crippen molar-refractivity contribution in [2.75, 3.05) is 37.7 Å². The summed E-state index contributed by atoms with van der Waals surface area (Å²) in [5.41, 5.74) is 0.362. The first-order valence-electron chi connectivity index (χ1n) is 14.1. The molecule has 8 heteroatoms. The van der Waals surface area contributed by atoms with Gasteiger partial charge >= 0.3 is 6.01 Å². The van der Waals surface area contributed by atoms with Gasteiger partial charge in [0.25, 0.3) is 0 Å². The fourth-order valence-corrected chi connectivity index (χ4v) is 7.01. The van der Waals surface area contributed by atoms with Crippen LogP contribution in [0.25, 0.3) is 32.9 Å². The molecule has 3 fully saturated rings. The van der Waals surface area contributed by atoms with Gasteiger partial charge in [-0.05, 0) is 69.3 Å². The minimum absolute atomic E-state index is 0.0260. The van der Waals surface area contributed by atoms with Gasteiger partial charge in [0.2, 0.25) is 0 Å². The maximum Gasteiger partial charge on any atom is 0.319 e. The van der Waals surface area contributed by atoms with Crippen LogP contribution in [-0.4, -0.2) is 68.9 Å². The second kappa shape index (κ2) is 9.38. The van der Waals surface area contributed by atoms with E-state index in [-0.39, 0.29) is 22.8 Å². The molecule has 0 saturated carbocycles. The Kier molecular flexibility index (Phi) is 5.93. The lowest BCUT2D eigenvalue weighted by Gasteiger charge is -2.38. The average Bonchev–Trinajstić information content (AvgIpc) is 3.52. The summed E-state index contributed by atoms with van der Waals surface area (Å²) in [7, 11) is 0. The zero-order chi connectivity index (χ0) is 26.6. The Bertz CT molecular complexity index is 1540. The summed E-state index contributed by atoms with van der Waals surface area (Å²) in [4.78, 5) is 18.6. The highest BCUT2D eigenvalue weighted by molar-refractivity contribution is 5.99. The van der Waals surface area contributed by atoms with E-state index < -0.39 is 11.4 Å². The van der Waals surface area contributed by atoms with Crippen molar-refractivity contribution in [2.24, 2.45) is 0 Å². The number of piperidine rings is 1. The van der Waals surface area contributed by atoms with Crippen LogP contribution in [0, 0.1) is 5.82 Å². The van der Waals surface area contributed by atoms with Crippen molar-refractivity contribution in [1.29, 1.82) is 0 Å². The van der Waals surface area contributed by atoms with Gasteiger partial charge in [-0.25, -0.2) is 4.39 Å². The van der Waals surface area contributed by atoms with Crippen LogP contribution in [0.15, 0.2) is 48.7 Å². The Balaban J connectivity index is 1.34. The third-order valence-corrected chi connectivity index (χ3v) is 8.94. The van der Waals surface area contributed by atoms with Crippen LogP contribution in [-0.2, 0) is 0 Å². The molecule has 1 atom stereocenters. The number of pyridine rings is 1. The smallest absolute Gasteiger partial charge is 0.319 e. The largest absolute Gasteiger partial charge is 0.461 e. The summed E-state index contributed by atoms with van der Waals surface area (Å²) in [6.07, 6.45) is 7.75. The van der Waals surface area contributed by atoms with E-state index in [1.54, 1.807) is 6.20 Å². The molecular weight excluding hydrogens is 493 g/mol. The molecule has 7 nitrogen and oxygen atoms in total. The van der Waals surface area contributed by atoms with Crippen LogP contribution in [0.4, 0.5) is 10.2 Å². The number of aromatic nitrogens is 3. The maximum atomic E-state index is 16.4. The molecule has 2 aromatic carbocycles. The number of aliphatic hydroxyl groups is 1. The maximum absolute atomic E-state index is 16.4. The third-order valence-electron chi connectivity index (χ3n) is 8.94. The molecule has 202 valence electrons. The third kappa shape index (κ3) is 4.30. The highest BCUT2D eigenvalue weighted by atomic mass is 19.1. The van der Waals surface area contributed by atoms with Gasteiger partial charge in [0.05, 0.1) is 16.5 Å². The molecule has 1 unspecified atom stereocenters. The van der Waals surface area contributed by atoms with Gasteiger partial charge in [-0.2, -0.15) is 9.97 Å². The molecule has 3 saturated heterocycles. The summed E-state index contributed by atoms with van der Waals surface area (Å²) in [5, 5.41) is 13.3. The van der Waals surface area contributed by atoms with Gasteiger partial charge in [-0.1, -0.05) is 42.5 Å². The van der Waals surface area contributed by atoms with Crippen molar-refractivity contribution >= 4 is 27.5 Å². The number of ether oxygens (including phenoxy) is 1. The SMILES string of the molecule is CC1(O)CCCN(c2nc(OCC34CCCN3CCC4)nc3c(F)c(-c4cccc5ccccc45)ncc23)C1. The summed E-state index contributed by atoms with van der Waals surface area (Å²) in [5.74, 6) is 0.0840. The molecule has 39 heavy (non-hydrogen) atoms. The molecule has 4 aromatic rings. The fourth-order valence-electron chi connectivity index (χ4n) is 7.01. The summed E-state index contributed by atoms with van der Waals surface area (Å²) < 4.78 is 22.7. The van der Waals surface area contributed by atoms with Gasteiger partial charge in [0, 0.05) is 24.8 Å². The summed E-state index contributed by atoms with van der Waals surface area (Å²) in [6.45, 7) is 5.66. The number of hydrogen-bond donors (Lipinski definition) is 1. The van der Waals surface area contributed by atoms with Crippen LogP contribution >= 0.6 is 0 Å². The Labute approximate surface area is 227 Å². The molecule has 0 radical (unpaired) electrons. The molecule has 5 heterocycles. The lowest BCUT2D eigenvalue weighted by atomic mass is 9.95. The number of fused-ring (bicyclic) bond motifs is 3. The van der Waals surface area contributed by atoms with E-state index in [1.807, 2.05) is 54.3 Å². The number of hydrogen-bond acceptors (Lipinski definition) is 7. The molecule has 1 N–H and O–H groups in total. The molecule has 0 aliphatic carbocycles. The Morgan fingerprint density at radius 2 is 1.72 bits per heavy atom. The average molecular weight is 528 g/mol. The first kappa shape index (κ1) is 24.7. The second-order valence-corrected chi connectivity index (χ2v) is 11.8. The molecule has 0 bridgehead atoms. The standard InChI is InChI=1S/C31H34FN5O2/c1-30(38)12-5-15-36(19-30)28-24-18-33-26(23-11-4-9-21-8-2-3-10-22(21)23)25(32)27(24)34-29(35-28)39-20-31-13-6-16-37(31)17-7-14-31/h2-4,8-11,18,38H,5-7,12-17,19-20H2,1H3. The van der Waals surface area contributed by atoms with Crippen molar-refractivity contribution in [3.63, 3.8) is 0 Å². The van der Waals surface area contributed by atoms with Gasteiger partial charge in [0.1, 0.15) is 23.6 Å². The van der Waals surface area contributed by atoms with E-state index in [0.29, 0.717) is 37.3 Å². The fraction of sp³-hybridized carbons (Fsp3) is 0.452. The first-order chi connectivity index (χ1) is 18.9. The van der Waals surface area contributed by atoms with Crippen molar-refractivity contribution in [2.45, 2.75) is 56.6 Å². The molecule has 3 aliphatic rings. The molecule has 0 spiro atoms. The zero-order valence-corrected chi connectivity index (χ0v) is 22.4. The second-order valence-electron chi connectivity index (χ2n) is 11.8. The molecule has 2 aromatic heterocycles. The monoisotopic (exact) mass is 527 g/mol. The highest BCUT2D eigenvalue weighted by Gasteiger charge is 2.45. The lowest BCUT2D eigenvalue weighted by molar-refractivity contribution is 0.0447. The first-order valence-corrected chi connectivity index (χ1v) is 14.1. The number of benzene rings is 2. The Morgan fingerprint density at radius 1 is 0.949 bits per heavy atom. The van der Waals surface area contributed by atoms with Gasteiger partial charge in [-0.3, -0.25) is 9.88 Å². The quantitative estimate of drug-likeness (QED) is 0.375. The zero-order valence-electron chi connectivity index (χ0n) is 22.4. The number of anilines is 1. The number of nitrogens with zero attached hydrogens (tertiary/aromatic N) is 5. The van der Waals surface area contributed by atoms with Gasteiger partial charge in [0.15, 0.2) is 5.82 Å². The predicted molar refractivity (Wildman–Crippen MR) is 151 cm³/mol. The van der Waals surface area contributed by atoms with E-state index in [0.717, 1.165) is 48.7 Å². The minimum atomic E-state index is -0.849. The summed E-state index contributed by atoms with van der Waals surface area (Å²) in [6, 6.07) is 13.9. The number of rotatable bonds is 5. The van der Waals surface area contributed by atoms with Crippen molar-refractivity contribution in [1.82, 2.24) is 19.9 Å². The van der Waals surface area contributed by atoms with Crippen LogP contribution in [0.2, 0.25) is 0 Å². The lowest BCUT2D eigenvalue weighted by Crippen LogP contribution is -2.46. The van der Waals surface area contributed by atoms with Crippen molar-refractivity contribution in [3.8, 4) is 17.3 Å². The topological polar surface area (TPSA) is 74.6 Å². The summed E-state index contributed by atoms with van der Waals surface area (Å²) >= 11 is 0. The predicted octanol–water partition coefficient (Wildman–Crippen LogP) is 5.34. The molecule has 7 rings (SSSR count). The number of halogens is 1. The Morgan fingerprint density at radius 3 is 2.54 bits per heavy atom. The van der Waals surface area contributed by atoms with E-state index >= 15 is 4.39 Å². The number of β-amino-alcohol motifs (C(OH)–C–C–N with tert-alkyl or cyclic N) is 1. The molecule has 0 amide bonds. The highest BCUT2D eigenvalue weighted by Crippen LogP contribution is 2.40. The molecular formula is C31H34FN5O2. The van der Waals surface area contributed by atoms with E-state index in [1.165, 1.54) is 12.8 Å². The van der Waals surface area contributed by atoms with Gasteiger partial charge in [-0.15, -0.1) is 0 Å². The van der Waals surface area contributed by atoms with Crippen LogP contribution in [0.1, 0.15) is 45.4 Å². The van der Waals surface area contributed by atoms with Crippen molar-refractivity contribution < 1.29 is 14.2 Å². The van der Waals surface area contributed by atoms with Gasteiger partial charge < -0.3 is 14.7 Å². The van der Waals surface area contributed by atoms with Crippen LogP contribution < -0.4 is 9.64 Å². The van der Waals surface area contributed by atoms with E-state index in [2.05, 4.69) is 14.9 Å². The van der Waals surface area contributed by atoms with Crippen molar-refractivity contribution in [3.05, 3.63) is 54.5 Å². The van der Waals surface area contributed by atoms with E-state index in [9.17, 15) is 5.11 Å². The Hall–Kier alpha value is -3.36. The van der Waals surface area contributed by atoms with E-state index in [4.69, 9.17) is 9.72 Å². The minimum Gasteiger partial charge on any atom is -0.461 e.